The Morgan fingerprint density at radius 2 is 1.91 bits per heavy atom. The Morgan fingerprint density at radius 1 is 1.09 bits per heavy atom. The van der Waals surface area contributed by atoms with Crippen molar-refractivity contribution in [3.05, 3.63) is 61.6 Å². The van der Waals surface area contributed by atoms with Crippen LogP contribution in [0.3, 0.4) is 0 Å². The van der Waals surface area contributed by atoms with Gasteiger partial charge in [-0.2, -0.15) is 5.26 Å². The summed E-state index contributed by atoms with van der Waals surface area (Å²) in [6.45, 7) is 6.26. The van der Waals surface area contributed by atoms with Crippen LogP contribution in [-0.2, 0) is 0 Å². The number of aryl methyl sites for hydroxylation is 3. The number of allylic oxidation sites excluding steroid dienone is 1. The van der Waals surface area contributed by atoms with Gasteiger partial charge < -0.3 is 0 Å². The van der Waals surface area contributed by atoms with Crippen LogP contribution < -0.4 is 0 Å². The van der Waals surface area contributed by atoms with Gasteiger partial charge in [-0.25, -0.2) is 4.98 Å². The third-order valence-electron chi connectivity index (χ3n) is 3.83. The maximum Gasteiger partial charge on any atom is 0.134 e. The molecule has 2 heterocycles. The van der Waals surface area contributed by atoms with Crippen molar-refractivity contribution < 1.29 is 0 Å². The average molecular weight is 336 g/mol. The predicted octanol–water partition coefficient (Wildman–Crippen LogP) is 5.86. The Kier molecular flexibility index (Phi) is 4.42. The fraction of sp³-hybridized carbons (Fsp3) is 0.158. The molecule has 0 saturated heterocycles. The maximum atomic E-state index is 9.48. The molecule has 23 heavy (non-hydrogen) atoms. The molecule has 0 radical (unpaired) electrons. The van der Waals surface area contributed by atoms with Crippen molar-refractivity contribution in [1.29, 1.82) is 5.26 Å². The molecule has 0 amide bonds. The lowest BCUT2D eigenvalue weighted by molar-refractivity contribution is 1.32. The van der Waals surface area contributed by atoms with Gasteiger partial charge in [0.2, 0.25) is 0 Å². The van der Waals surface area contributed by atoms with Gasteiger partial charge in [-0.1, -0.05) is 12.1 Å². The number of thiophene rings is 1. The van der Waals surface area contributed by atoms with Gasteiger partial charge in [0, 0.05) is 15.8 Å². The van der Waals surface area contributed by atoms with Crippen LogP contribution in [0.25, 0.3) is 22.9 Å². The molecule has 3 aromatic rings. The molecule has 0 unspecified atom stereocenters. The largest absolute Gasteiger partial charge is 0.235 e. The highest BCUT2D eigenvalue weighted by Crippen LogP contribution is 2.29. The molecule has 0 bridgehead atoms. The van der Waals surface area contributed by atoms with Crippen molar-refractivity contribution in [2.24, 2.45) is 0 Å². The van der Waals surface area contributed by atoms with Crippen LogP contribution in [0.4, 0.5) is 0 Å². The third kappa shape index (κ3) is 3.26. The number of nitrogens with zero attached hydrogens (tertiary/aromatic N) is 2. The molecule has 114 valence electrons. The Hall–Kier alpha value is -2.22. The normalized spacial score (nSPS) is 11.5. The van der Waals surface area contributed by atoms with Gasteiger partial charge in [0.15, 0.2) is 0 Å². The minimum Gasteiger partial charge on any atom is -0.235 e. The van der Waals surface area contributed by atoms with E-state index in [-0.39, 0.29) is 0 Å². The lowest BCUT2D eigenvalue weighted by Gasteiger charge is -2.02. The van der Waals surface area contributed by atoms with Gasteiger partial charge in [-0.15, -0.1) is 22.7 Å². The topological polar surface area (TPSA) is 36.7 Å². The first kappa shape index (κ1) is 15.7. The van der Waals surface area contributed by atoms with E-state index in [1.54, 1.807) is 11.3 Å². The van der Waals surface area contributed by atoms with Crippen molar-refractivity contribution in [1.82, 2.24) is 4.98 Å². The SMILES string of the molecule is Cc1ccc(-c2csc(/C(C#N)=C/c3sccc3C)n2)cc1C. The van der Waals surface area contributed by atoms with E-state index in [0.29, 0.717) is 5.57 Å². The Bertz CT molecular complexity index is 923. The molecular weight excluding hydrogens is 320 g/mol. The monoisotopic (exact) mass is 336 g/mol. The van der Waals surface area contributed by atoms with E-state index in [2.05, 4.69) is 56.1 Å². The molecular formula is C19H16N2S2. The molecule has 0 fully saturated rings. The zero-order valence-corrected chi connectivity index (χ0v) is 14.9. The van der Waals surface area contributed by atoms with Crippen molar-refractivity contribution in [3.63, 3.8) is 0 Å². The quantitative estimate of drug-likeness (QED) is 0.562. The average Bonchev–Trinajstić information content (AvgIpc) is 3.17. The van der Waals surface area contributed by atoms with Crippen LogP contribution in [0.2, 0.25) is 0 Å². The van der Waals surface area contributed by atoms with Gasteiger partial charge in [0.05, 0.1) is 11.3 Å². The molecule has 0 saturated carbocycles. The van der Waals surface area contributed by atoms with E-state index in [1.807, 2.05) is 16.8 Å². The standard InChI is InChI=1S/C19H16N2S2/c1-12-4-5-15(8-14(12)3)17-11-23-19(21-17)16(10-20)9-18-13(2)6-7-22-18/h4-9,11H,1-3H3/b16-9+. The van der Waals surface area contributed by atoms with Gasteiger partial charge in [-0.3, -0.25) is 0 Å². The summed E-state index contributed by atoms with van der Waals surface area (Å²) < 4.78 is 0. The van der Waals surface area contributed by atoms with Gasteiger partial charge in [0.1, 0.15) is 11.1 Å². The summed E-state index contributed by atoms with van der Waals surface area (Å²) in [4.78, 5) is 5.78. The van der Waals surface area contributed by atoms with Gasteiger partial charge in [0.25, 0.3) is 0 Å². The number of rotatable bonds is 3. The zero-order valence-electron chi connectivity index (χ0n) is 13.3. The minimum atomic E-state index is 0.621. The molecule has 4 heteroatoms. The maximum absolute atomic E-state index is 9.48. The molecule has 0 atom stereocenters. The summed E-state index contributed by atoms with van der Waals surface area (Å²) in [5.41, 5.74) is 6.36. The van der Waals surface area contributed by atoms with E-state index in [4.69, 9.17) is 0 Å². The Balaban J connectivity index is 1.97. The smallest absolute Gasteiger partial charge is 0.134 e. The summed E-state index contributed by atoms with van der Waals surface area (Å²) in [5.74, 6) is 0. The number of thiazole rings is 1. The molecule has 0 aliphatic rings. The molecule has 0 aliphatic carbocycles. The number of benzene rings is 1. The summed E-state index contributed by atoms with van der Waals surface area (Å²) in [6.07, 6.45) is 1.93. The molecule has 0 N–H and O–H groups in total. The lowest BCUT2D eigenvalue weighted by atomic mass is 10.1. The second kappa shape index (κ2) is 6.49. The fourth-order valence-corrected chi connectivity index (χ4v) is 3.89. The lowest BCUT2D eigenvalue weighted by Crippen LogP contribution is -1.85. The summed E-state index contributed by atoms with van der Waals surface area (Å²) in [7, 11) is 0. The van der Waals surface area contributed by atoms with Crippen LogP contribution in [0.15, 0.2) is 35.0 Å². The summed E-state index contributed by atoms with van der Waals surface area (Å²) in [6, 6.07) is 10.7. The first-order valence-electron chi connectivity index (χ1n) is 7.28. The van der Waals surface area contributed by atoms with Crippen molar-refractivity contribution in [2.75, 3.05) is 0 Å². The molecule has 0 spiro atoms. The Labute approximate surface area is 144 Å². The summed E-state index contributed by atoms with van der Waals surface area (Å²) >= 11 is 3.16. The molecule has 0 aliphatic heterocycles. The van der Waals surface area contributed by atoms with Gasteiger partial charge in [-0.05, 0) is 61.1 Å². The van der Waals surface area contributed by atoms with Crippen LogP contribution in [0.1, 0.15) is 26.6 Å². The number of nitriles is 1. The number of aromatic nitrogens is 1. The van der Waals surface area contributed by atoms with E-state index in [0.717, 1.165) is 21.1 Å². The second-order valence-electron chi connectivity index (χ2n) is 5.47. The number of hydrogen-bond acceptors (Lipinski definition) is 4. The van der Waals surface area contributed by atoms with Crippen molar-refractivity contribution in [2.45, 2.75) is 20.8 Å². The third-order valence-corrected chi connectivity index (χ3v) is 5.68. The molecule has 2 aromatic heterocycles. The Morgan fingerprint density at radius 3 is 2.57 bits per heavy atom. The first-order valence-corrected chi connectivity index (χ1v) is 9.04. The fourth-order valence-electron chi connectivity index (χ4n) is 2.24. The molecule has 3 rings (SSSR count). The second-order valence-corrected chi connectivity index (χ2v) is 7.28. The first-order chi connectivity index (χ1) is 11.1. The molecule has 1 aromatic carbocycles. The highest BCUT2D eigenvalue weighted by molar-refractivity contribution is 7.12. The van der Waals surface area contributed by atoms with Crippen LogP contribution >= 0.6 is 22.7 Å². The minimum absolute atomic E-state index is 0.621. The van der Waals surface area contributed by atoms with Crippen molar-refractivity contribution >= 4 is 34.3 Å². The van der Waals surface area contributed by atoms with Gasteiger partial charge >= 0.3 is 0 Å². The van der Waals surface area contributed by atoms with Crippen LogP contribution in [0, 0.1) is 32.1 Å². The van der Waals surface area contributed by atoms with E-state index in [1.165, 1.54) is 28.0 Å². The predicted molar refractivity (Wildman–Crippen MR) is 99.6 cm³/mol. The van der Waals surface area contributed by atoms with E-state index < -0.39 is 0 Å². The highest BCUT2D eigenvalue weighted by atomic mass is 32.1. The number of hydrogen-bond donors (Lipinski definition) is 0. The highest BCUT2D eigenvalue weighted by Gasteiger charge is 2.10. The summed E-state index contributed by atoms with van der Waals surface area (Å²) in [5, 5.41) is 14.3. The van der Waals surface area contributed by atoms with Crippen LogP contribution in [-0.4, -0.2) is 4.98 Å². The van der Waals surface area contributed by atoms with Crippen LogP contribution in [0.5, 0.6) is 0 Å². The van der Waals surface area contributed by atoms with E-state index >= 15 is 0 Å². The van der Waals surface area contributed by atoms with E-state index in [9.17, 15) is 5.26 Å². The van der Waals surface area contributed by atoms with Crippen molar-refractivity contribution in [3.8, 4) is 17.3 Å². The molecule has 2 nitrogen and oxygen atoms in total. The zero-order chi connectivity index (χ0) is 16.4.